The Morgan fingerprint density at radius 2 is 1.58 bits per heavy atom. The van der Waals surface area contributed by atoms with Gasteiger partial charge in [0.05, 0.1) is 5.56 Å². The Bertz CT molecular complexity index is 682. The largest absolute Gasteiger partial charge is 0.353 e. The molecule has 1 N–H and O–H groups in total. The molecule has 2 aliphatic rings. The smallest absolute Gasteiger partial charge is 0.256 e. The first-order valence-electron chi connectivity index (χ1n) is 9.20. The van der Waals surface area contributed by atoms with E-state index in [9.17, 15) is 22.8 Å². The third-order valence-corrected chi connectivity index (χ3v) is 5.37. The zero-order valence-electron chi connectivity index (χ0n) is 14.6. The molecule has 2 fully saturated rings. The van der Waals surface area contributed by atoms with Crippen LogP contribution in [-0.4, -0.2) is 35.8 Å². The highest BCUT2D eigenvalue weighted by Crippen LogP contribution is 2.23. The van der Waals surface area contributed by atoms with Crippen LogP contribution in [-0.2, 0) is 4.79 Å². The van der Waals surface area contributed by atoms with Gasteiger partial charge in [0.25, 0.3) is 5.91 Å². The predicted octanol–water partition coefficient (Wildman–Crippen LogP) is 3.41. The number of carbonyl (C=O) groups is 2. The Morgan fingerprint density at radius 3 is 2.23 bits per heavy atom. The second-order valence-corrected chi connectivity index (χ2v) is 7.13. The van der Waals surface area contributed by atoms with E-state index in [4.69, 9.17) is 0 Å². The van der Waals surface area contributed by atoms with Crippen LogP contribution in [0.15, 0.2) is 12.1 Å². The number of piperidine rings is 1. The van der Waals surface area contributed by atoms with Gasteiger partial charge in [-0.15, -0.1) is 0 Å². The van der Waals surface area contributed by atoms with Gasteiger partial charge < -0.3 is 10.2 Å². The van der Waals surface area contributed by atoms with Gasteiger partial charge >= 0.3 is 0 Å². The molecule has 1 aliphatic heterocycles. The molecule has 3 rings (SSSR count). The van der Waals surface area contributed by atoms with Crippen LogP contribution >= 0.6 is 0 Å². The van der Waals surface area contributed by atoms with Gasteiger partial charge in [0.1, 0.15) is 0 Å². The van der Waals surface area contributed by atoms with E-state index >= 15 is 0 Å². The van der Waals surface area contributed by atoms with Crippen molar-refractivity contribution in [2.24, 2.45) is 5.92 Å². The molecule has 26 heavy (non-hydrogen) atoms. The average molecular weight is 368 g/mol. The molecule has 1 saturated heterocycles. The highest BCUT2D eigenvalue weighted by molar-refractivity contribution is 5.94. The summed E-state index contributed by atoms with van der Waals surface area (Å²) in [5, 5.41) is 3.09. The van der Waals surface area contributed by atoms with Gasteiger partial charge in [0.15, 0.2) is 17.5 Å². The highest BCUT2D eigenvalue weighted by Gasteiger charge is 2.30. The van der Waals surface area contributed by atoms with E-state index < -0.39 is 28.9 Å². The van der Waals surface area contributed by atoms with Crippen LogP contribution in [0.1, 0.15) is 55.3 Å². The summed E-state index contributed by atoms with van der Waals surface area (Å²) in [4.78, 5) is 26.1. The summed E-state index contributed by atoms with van der Waals surface area (Å²) in [6.45, 7) is 0.583. The van der Waals surface area contributed by atoms with E-state index in [2.05, 4.69) is 5.32 Å². The molecular weight excluding hydrogens is 345 g/mol. The third kappa shape index (κ3) is 4.02. The van der Waals surface area contributed by atoms with Crippen LogP contribution < -0.4 is 5.32 Å². The summed E-state index contributed by atoms with van der Waals surface area (Å²) < 4.78 is 40.2. The van der Waals surface area contributed by atoms with Gasteiger partial charge in [0, 0.05) is 25.0 Å². The van der Waals surface area contributed by atoms with E-state index in [1.165, 1.54) is 11.3 Å². The summed E-state index contributed by atoms with van der Waals surface area (Å²) in [5.74, 6) is -5.26. The minimum absolute atomic E-state index is 0.0167. The second kappa shape index (κ2) is 8.10. The molecule has 4 nitrogen and oxygen atoms in total. The molecule has 0 unspecified atom stereocenters. The maximum atomic E-state index is 13.8. The highest BCUT2D eigenvalue weighted by atomic mass is 19.2. The fourth-order valence-corrected chi connectivity index (χ4v) is 3.77. The van der Waals surface area contributed by atoms with Crippen molar-refractivity contribution in [1.82, 2.24) is 10.2 Å². The summed E-state index contributed by atoms with van der Waals surface area (Å²) in [6, 6.07) is 1.95. The van der Waals surface area contributed by atoms with Crippen LogP contribution in [0, 0.1) is 23.4 Å². The lowest BCUT2D eigenvalue weighted by molar-refractivity contribution is -0.127. The third-order valence-electron chi connectivity index (χ3n) is 5.37. The van der Waals surface area contributed by atoms with Crippen LogP contribution in [0.2, 0.25) is 0 Å². The minimum atomic E-state index is -1.64. The normalized spacial score (nSPS) is 19.4. The fourth-order valence-electron chi connectivity index (χ4n) is 3.77. The van der Waals surface area contributed by atoms with Crippen molar-refractivity contribution in [3.63, 3.8) is 0 Å². The second-order valence-electron chi connectivity index (χ2n) is 7.13. The molecule has 7 heteroatoms. The molecule has 1 heterocycles. The van der Waals surface area contributed by atoms with E-state index in [0.29, 0.717) is 25.9 Å². The van der Waals surface area contributed by atoms with Gasteiger partial charge in [-0.25, -0.2) is 13.2 Å². The van der Waals surface area contributed by atoms with Crippen molar-refractivity contribution in [2.75, 3.05) is 13.1 Å². The standard InChI is InChI=1S/C19H23F3N2O2/c20-15-7-6-14(16(21)17(15)22)19(26)24-10-8-12(9-11-24)18(25)23-13-4-2-1-3-5-13/h6-7,12-13H,1-5,8-11H2,(H,23,25). The topological polar surface area (TPSA) is 49.4 Å². The molecule has 1 aromatic carbocycles. The van der Waals surface area contributed by atoms with Gasteiger partial charge in [-0.2, -0.15) is 0 Å². The summed E-state index contributed by atoms with van der Waals surface area (Å²) >= 11 is 0. The summed E-state index contributed by atoms with van der Waals surface area (Å²) in [6.07, 6.45) is 6.48. The van der Waals surface area contributed by atoms with E-state index in [0.717, 1.165) is 37.8 Å². The van der Waals surface area contributed by atoms with Gasteiger partial charge in [-0.1, -0.05) is 19.3 Å². The maximum absolute atomic E-state index is 13.8. The van der Waals surface area contributed by atoms with Gasteiger partial charge in [-0.05, 0) is 37.8 Å². The Labute approximate surface area is 150 Å². The number of nitrogens with one attached hydrogen (secondary N) is 1. The number of nitrogens with zero attached hydrogens (tertiary/aromatic N) is 1. The minimum Gasteiger partial charge on any atom is -0.353 e. The molecule has 0 aromatic heterocycles. The number of hydrogen-bond donors (Lipinski definition) is 1. The lowest BCUT2D eigenvalue weighted by atomic mass is 9.92. The van der Waals surface area contributed by atoms with E-state index in [1.54, 1.807) is 0 Å². The Kier molecular flexibility index (Phi) is 5.84. The van der Waals surface area contributed by atoms with Crippen LogP contribution in [0.4, 0.5) is 13.2 Å². The predicted molar refractivity (Wildman–Crippen MR) is 90.0 cm³/mol. The molecule has 1 saturated carbocycles. The molecule has 1 aromatic rings. The van der Waals surface area contributed by atoms with Crippen LogP contribution in [0.25, 0.3) is 0 Å². The fraction of sp³-hybridized carbons (Fsp3) is 0.579. The van der Waals surface area contributed by atoms with Crippen molar-refractivity contribution < 1.29 is 22.8 Å². The molecule has 1 aliphatic carbocycles. The number of carbonyl (C=O) groups excluding carboxylic acids is 2. The lowest BCUT2D eigenvalue weighted by Crippen LogP contribution is -2.45. The number of hydrogen-bond acceptors (Lipinski definition) is 2. The quantitative estimate of drug-likeness (QED) is 0.832. The molecular formula is C19H23F3N2O2. The van der Waals surface area contributed by atoms with Crippen molar-refractivity contribution in [3.8, 4) is 0 Å². The molecule has 0 spiro atoms. The summed E-state index contributed by atoms with van der Waals surface area (Å²) in [7, 11) is 0. The van der Waals surface area contributed by atoms with Gasteiger partial charge in [-0.3, -0.25) is 9.59 Å². The SMILES string of the molecule is O=C(NC1CCCCC1)C1CCN(C(=O)c2ccc(F)c(F)c2F)CC1. The first kappa shape index (κ1) is 18.7. The summed E-state index contributed by atoms with van der Waals surface area (Å²) in [5.41, 5.74) is -0.478. The molecule has 0 radical (unpaired) electrons. The number of halogens is 3. The number of benzene rings is 1. The maximum Gasteiger partial charge on any atom is 0.256 e. The Balaban J connectivity index is 1.55. The number of rotatable bonds is 3. The van der Waals surface area contributed by atoms with E-state index in [-0.39, 0.29) is 17.9 Å². The molecule has 142 valence electrons. The zero-order valence-corrected chi connectivity index (χ0v) is 14.6. The Hall–Kier alpha value is -2.05. The Morgan fingerprint density at radius 1 is 0.923 bits per heavy atom. The van der Waals surface area contributed by atoms with Gasteiger partial charge in [0.2, 0.25) is 5.91 Å². The molecule has 0 atom stereocenters. The van der Waals surface area contributed by atoms with Crippen molar-refractivity contribution >= 4 is 11.8 Å². The zero-order chi connectivity index (χ0) is 18.7. The number of likely N-dealkylation sites (tertiary alicyclic amines) is 1. The monoisotopic (exact) mass is 368 g/mol. The first-order valence-corrected chi connectivity index (χ1v) is 9.20. The number of amides is 2. The average Bonchev–Trinajstić information content (AvgIpc) is 2.67. The van der Waals surface area contributed by atoms with Crippen LogP contribution in [0.5, 0.6) is 0 Å². The molecule has 0 bridgehead atoms. The van der Waals surface area contributed by atoms with Crippen molar-refractivity contribution in [2.45, 2.75) is 51.0 Å². The van der Waals surface area contributed by atoms with Crippen LogP contribution in [0.3, 0.4) is 0 Å². The van der Waals surface area contributed by atoms with Crippen molar-refractivity contribution in [1.29, 1.82) is 0 Å². The lowest BCUT2D eigenvalue weighted by Gasteiger charge is -2.33. The van der Waals surface area contributed by atoms with Crippen molar-refractivity contribution in [3.05, 3.63) is 35.1 Å². The molecule has 2 amide bonds. The van der Waals surface area contributed by atoms with E-state index in [1.807, 2.05) is 0 Å². The first-order chi connectivity index (χ1) is 12.5.